The fourth-order valence-electron chi connectivity index (χ4n) is 0.498. The molecule has 0 rings (SSSR count). The first-order valence-electron chi connectivity index (χ1n) is 3.23. The molecule has 0 radical (unpaired) electrons. The van der Waals surface area contributed by atoms with Gasteiger partial charge in [0.25, 0.3) is 0 Å². The van der Waals surface area contributed by atoms with Crippen molar-refractivity contribution >= 4 is 19.8 Å². The lowest BCUT2D eigenvalue weighted by atomic mass is 10.8. The molecule has 9 heavy (non-hydrogen) atoms. The molecule has 0 amide bonds. The third-order valence-corrected chi connectivity index (χ3v) is 2.64. The van der Waals surface area contributed by atoms with Gasteiger partial charge in [-0.15, -0.1) is 0 Å². The summed E-state index contributed by atoms with van der Waals surface area (Å²) in [5.74, 6) is 1.17. The number of rotatable bonds is 3. The molecule has 2 heteroatoms. The van der Waals surface area contributed by atoms with E-state index in [9.17, 15) is 0 Å². The molecule has 0 atom stereocenters. The Balaban J connectivity index is 3.45. The van der Waals surface area contributed by atoms with Crippen LogP contribution < -0.4 is 0 Å². The number of thioether (sulfide) groups is 1. The van der Waals surface area contributed by atoms with Crippen molar-refractivity contribution in [2.75, 3.05) is 12.0 Å². The number of hydrogen-bond acceptors (Lipinski definition) is 1. The Morgan fingerprint density at radius 2 is 1.89 bits per heavy atom. The normalized spacial score (nSPS) is 12.9. The van der Waals surface area contributed by atoms with E-state index in [1.807, 2.05) is 11.8 Å². The second-order valence-electron chi connectivity index (χ2n) is 3.22. The first-order valence-corrected chi connectivity index (χ1v) is 8.20. The van der Waals surface area contributed by atoms with Crippen LogP contribution in [-0.4, -0.2) is 20.1 Å². The minimum absolute atomic E-state index is 0.888. The van der Waals surface area contributed by atoms with Crippen molar-refractivity contribution in [3.05, 3.63) is 11.8 Å². The topological polar surface area (TPSA) is 0 Å². The van der Waals surface area contributed by atoms with Crippen LogP contribution in [0.3, 0.4) is 0 Å². The maximum Gasteiger partial charge on any atom is 0.0683 e. The maximum atomic E-state index is 2.39. The molecule has 0 N–H and O–H groups in total. The molecular weight excluding hydrogens is 144 g/mol. The Bertz CT molecular complexity index is 91.6. The van der Waals surface area contributed by atoms with E-state index in [-0.39, 0.29) is 0 Å². The van der Waals surface area contributed by atoms with Crippen LogP contribution in [0.2, 0.25) is 19.6 Å². The number of hydrogen-bond donors (Lipinski definition) is 0. The van der Waals surface area contributed by atoms with Crippen LogP contribution in [0.1, 0.15) is 0 Å². The largest absolute Gasteiger partial charge is 0.161 e. The van der Waals surface area contributed by atoms with Crippen molar-refractivity contribution in [2.24, 2.45) is 0 Å². The van der Waals surface area contributed by atoms with Crippen LogP contribution in [0, 0.1) is 0 Å². The summed E-state index contributed by atoms with van der Waals surface area (Å²) in [6.45, 7) is 7.05. The highest BCUT2D eigenvalue weighted by atomic mass is 32.2. The molecule has 0 heterocycles. The second kappa shape index (κ2) is 4.17. The van der Waals surface area contributed by atoms with E-state index in [1.165, 1.54) is 5.75 Å². The Morgan fingerprint density at radius 3 is 2.22 bits per heavy atom. The van der Waals surface area contributed by atoms with Crippen LogP contribution >= 0.6 is 11.8 Å². The molecule has 0 fully saturated rings. The molecule has 0 aliphatic heterocycles. The van der Waals surface area contributed by atoms with Gasteiger partial charge in [-0.2, -0.15) is 11.8 Å². The molecule has 0 unspecified atom stereocenters. The van der Waals surface area contributed by atoms with Gasteiger partial charge in [-0.05, 0) is 6.26 Å². The predicted octanol–water partition coefficient (Wildman–Crippen LogP) is 2.78. The molecule has 0 nitrogen and oxygen atoms in total. The predicted molar refractivity (Wildman–Crippen MR) is 50.9 cm³/mol. The van der Waals surface area contributed by atoms with E-state index in [1.54, 1.807) is 0 Å². The van der Waals surface area contributed by atoms with Gasteiger partial charge in [0.15, 0.2) is 0 Å². The maximum absolute atomic E-state index is 2.39. The standard InChI is InChI=1S/C7H16SSi/c1-8-6-5-7-9(2,3)4/h5,7H,6H2,1-4H3/b7-5+. The highest BCUT2D eigenvalue weighted by Crippen LogP contribution is 2.02. The molecule has 0 spiro atoms. The van der Waals surface area contributed by atoms with E-state index in [4.69, 9.17) is 0 Å². The van der Waals surface area contributed by atoms with Crippen LogP contribution in [0.15, 0.2) is 11.8 Å². The van der Waals surface area contributed by atoms with Crippen molar-refractivity contribution in [2.45, 2.75) is 19.6 Å². The zero-order chi connectivity index (χ0) is 7.33. The SMILES string of the molecule is CSC/C=C/[Si](C)(C)C. The molecule has 0 aromatic heterocycles. The molecular formula is C7H16SSi. The van der Waals surface area contributed by atoms with Crippen LogP contribution in [-0.2, 0) is 0 Å². The monoisotopic (exact) mass is 160 g/mol. The second-order valence-corrected chi connectivity index (χ2v) is 9.20. The first-order chi connectivity index (χ1) is 4.06. The van der Waals surface area contributed by atoms with Gasteiger partial charge < -0.3 is 0 Å². The van der Waals surface area contributed by atoms with Gasteiger partial charge in [0, 0.05) is 5.75 Å². The van der Waals surface area contributed by atoms with Gasteiger partial charge >= 0.3 is 0 Å². The van der Waals surface area contributed by atoms with Crippen molar-refractivity contribution < 1.29 is 0 Å². The molecule has 0 aliphatic carbocycles. The van der Waals surface area contributed by atoms with Crippen molar-refractivity contribution in [1.82, 2.24) is 0 Å². The average molecular weight is 160 g/mol. The summed E-state index contributed by atoms with van der Waals surface area (Å²) in [7, 11) is -0.888. The Labute approximate surface area is 63.7 Å². The fourth-order valence-corrected chi connectivity index (χ4v) is 1.78. The summed E-state index contributed by atoms with van der Waals surface area (Å²) < 4.78 is 0. The lowest BCUT2D eigenvalue weighted by Crippen LogP contribution is -2.15. The van der Waals surface area contributed by atoms with Gasteiger partial charge in [0.05, 0.1) is 8.07 Å². The minimum atomic E-state index is -0.888. The zero-order valence-corrected chi connectivity index (χ0v) is 8.59. The molecule has 0 aliphatic rings. The molecule has 0 bridgehead atoms. The summed E-state index contributed by atoms with van der Waals surface area (Å²) in [4.78, 5) is 0. The molecule has 0 aromatic carbocycles. The summed E-state index contributed by atoms with van der Waals surface area (Å²) >= 11 is 1.88. The van der Waals surface area contributed by atoms with Crippen LogP contribution in [0.4, 0.5) is 0 Å². The lowest BCUT2D eigenvalue weighted by Gasteiger charge is -2.07. The summed E-state index contributed by atoms with van der Waals surface area (Å²) in [5, 5.41) is 0. The van der Waals surface area contributed by atoms with E-state index in [0.29, 0.717) is 0 Å². The minimum Gasteiger partial charge on any atom is -0.161 e. The van der Waals surface area contributed by atoms with Crippen molar-refractivity contribution in [3.8, 4) is 0 Å². The van der Waals surface area contributed by atoms with Gasteiger partial charge in [0.1, 0.15) is 0 Å². The lowest BCUT2D eigenvalue weighted by molar-refractivity contribution is 1.71. The van der Waals surface area contributed by atoms with Crippen LogP contribution in [0.25, 0.3) is 0 Å². The third kappa shape index (κ3) is 8.31. The Hall–Kier alpha value is 0.307. The quantitative estimate of drug-likeness (QED) is 0.572. The van der Waals surface area contributed by atoms with Crippen LogP contribution in [0.5, 0.6) is 0 Å². The average Bonchev–Trinajstić information content (AvgIpc) is 1.63. The van der Waals surface area contributed by atoms with Gasteiger partial charge in [-0.25, -0.2) is 0 Å². The fraction of sp³-hybridized carbons (Fsp3) is 0.714. The van der Waals surface area contributed by atoms with E-state index >= 15 is 0 Å². The molecule has 0 saturated carbocycles. The highest BCUT2D eigenvalue weighted by Gasteiger charge is 2.05. The molecule has 54 valence electrons. The summed E-state index contributed by atoms with van der Waals surface area (Å²) in [6, 6.07) is 0. The highest BCUT2D eigenvalue weighted by molar-refractivity contribution is 7.98. The van der Waals surface area contributed by atoms with E-state index < -0.39 is 8.07 Å². The van der Waals surface area contributed by atoms with E-state index in [0.717, 1.165) is 0 Å². The smallest absolute Gasteiger partial charge is 0.0683 e. The van der Waals surface area contributed by atoms with Gasteiger partial charge in [-0.1, -0.05) is 31.4 Å². The zero-order valence-electron chi connectivity index (χ0n) is 6.77. The Kier molecular flexibility index (Phi) is 4.32. The van der Waals surface area contributed by atoms with Crippen molar-refractivity contribution in [3.63, 3.8) is 0 Å². The summed E-state index contributed by atoms with van der Waals surface area (Å²) in [5.41, 5.74) is 2.39. The molecule has 0 saturated heterocycles. The first kappa shape index (κ1) is 9.31. The molecule has 0 aromatic rings. The van der Waals surface area contributed by atoms with Crippen molar-refractivity contribution in [1.29, 1.82) is 0 Å². The third-order valence-electron chi connectivity index (χ3n) is 0.881. The van der Waals surface area contributed by atoms with Gasteiger partial charge in [0.2, 0.25) is 0 Å². The van der Waals surface area contributed by atoms with Gasteiger partial charge in [-0.3, -0.25) is 0 Å². The Morgan fingerprint density at radius 1 is 1.33 bits per heavy atom. The summed E-state index contributed by atoms with van der Waals surface area (Å²) in [6.07, 6.45) is 4.42. The van der Waals surface area contributed by atoms with E-state index in [2.05, 4.69) is 37.7 Å².